The molecule has 7 N–H and O–H groups in total. The van der Waals surface area contributed by atoms with Crippen LogP contribution in [-0.4, -0.2) is 134 Å². The maximum atomic E-state index is 14.1. The highest BCUT2D eigenvalue weighted by Gasteiger charge is 2.35. The molecule has 4 aliphatic rings. The molecule has 418 valence electrons. The van der Waals surface area contributed by atoms with Crippen LogP contribution >= 0.6 is 0 Å². The van der Waals surface area contributed by atoms with E-state index in [4.69, 9.17) is 45.1 Å². The number of urea groups is 1. The van der Waals surface area contributed by atoms with E-state index >= 15 is 0 Å². The maximum Gasteiger partial charge on any atom is 0.410 e. The molecule has 4 atom stereocenters. The van der Waals surface area contributed by atoms with E-state index in [0.717, 1.165) is 11.1 Å². The molecule has 0 saturated heterocycles. The van der Waals surface area contributed by atoms with Gasteiger partial charge in [-0.3, -0.25) is 29.2 Å². The molecular formula is C59H66N10O11. The molecule has 0 saturated carbocycles. The van der Waals surface area contributed by atoms with Gasteiger partial charge in [0.15, 0.2) is 23.0 Å². The van der Waals surface area contributed by atoms with Crippen LogP contribution in [0.25, 0.3) is 0 Å². The van der Waals surface area contributed by atoms with E-state index in [1.54, 1.807) is 74.8 Å². The van der Waals surface area contributed by atoms with Gasteiger partial charge in [0.2, 0.25) is 11.8 Å². The quantitative estimate of drug-likeness (QED) is 0.0513. The van der Waals surface area contributed by atoms with Crippen LogP contribution in [0, 0.1) is 5.92 Å². The highest BCUT2D eigenvalue weighted by Crippen LogP contribution is 2.40. The molecule has 0 bridgehead atoms. The Morgan fingerprint density at radius 1 is 0.700 bits per heavy atom. The second-order valence-electron chi connectivity index (χ2n) is 20.2. The third-order valence-electron chi connectivity index (χ3n) is 14.6. The van der Waals surface area contributed by atoms with Crippen LogP contribution in [0.3, 0.4) is 0 Å². The number of aliphatic imine (C=N–C) groups is 2. The number of carbonyl (C=O) groups excluding carboxylic acids is 6. The third kappa shape index (κ3) is 13.0. The summed E-state index contributed by atoms with van der Waals surface area (Å²) >= 11 is 0. The van der Waals surface area contributed by atoms with Crippen molar-refractivity contribution >= 4 is 65.2 Å². The molecule has 0 spiro atoms. The molecule has 0 aliphatic carbocycles. The number of hydrogen-bond acceptors (Lipinski definition) is 14. The van der Waals surface area contributed by atoms with Crippen molar-refractivity contribution in [3.63, 3.8) is 0 Å². The van der Waals surface area contributed by atoms with Crippen molar-refractivity contribution < 1.29 is 52.5 Å². The maximum absolute atomic E-state index is 14.1. The number of fused-ring (bicyclic) bond motifs is 6. The smallest absolute Gasteiger partial charge is 0.410 e. The largest absolute Gasteiger partial charge is 0.493 e. The Balaban J connectivity index is 0.883. The zero-order valence-corrected chi connectivity index (χ0v) is 45.1. The van der Waals surface area contributed by atoms with Crippen molar-refractivity contribution in [2.24, 2.45) is 27.4 Å². The lowest BCUT2D eigenvalue weighted by atomic mass is 9.94. The summed E-state index contributed by atoms with van der Waals surface area (Å²) < 4.78 is 29.9. The topological polar surface area (TPSA) is 271 Å². The molecule has 0 radical (unpaired) electrons. The molecule has 0 aromatic heterocycles. The molecule has 0 fully saturated rings. The second kappa shape index (κ2) is 25.2. The SMILES string of the molecule is COc1cc2c(cc1OCCN(CCOc1cc3c(cc1OC)C(=O)N1Cc4ccccc4C[C@H]1C=N3)C(=O)OCc1ccc(NC(=O)[C@H](CCCNC(N)=O)NC(=O)[C@@H](N)C(C)C)cc1)N=C[C@@H]1Cc3ccccc3CN1C2=O. The van der Waals surface area contributed by atoms with E-state index < -0.39 is 36.0 Å². The number of rotatable bonds is 21. The predicted molar refractivity (Wildman–Crippen MR) is 299 cm³/mol. The number of methoxy groups -OCH3 is 2. The van der Waals surface area contributed by atoms with Crippen molar-refractivity contribution in [2.75, 3.05) is 52.4 Å². The number of carbonyl (C=O) groups is 6. The minimum atomic E-state index is -0.962. The summed E-state index contributed by atoms with van der Waals surface area (Å²) in [5, 5.41) is 8.02. The number of amides is 7. The number of ether oxygens (including phenoxy) is 5. The fourth-order valence-electron chi connectivity index (χ4n) is 9.98. The number of hydrogen-bond donors (Lipinski definition) is 5. The molecule has 7 amide bonds. The molecule has 5 aromatic rings. The lowest BCUT2D eigenvalue weighted by molar-refractivity contribution is -0.128. The fraction of sp³-hybridized carbons (Fsp3) is 0.356. The van der Waals surface area contributed by atoms with Gasteiger partial charge in [-0.1, -0.05) is 74.5 Å². The van der Waals surface area contributed by atoms with E-state index in [-0.39, 0.29) is 75.7 Å². The van der Waals surface area contributed by atoms with Gasteiger partial charge < -0.3 is 65.8 Å². The van der Waals surface area contributed by atoms with Crippen LogP contribution in [-0.2, 0) is 46.9 Å². The molecule has 4 heterocycles. The van der Waals surface area contributed by atoms with Gasteiger partial charge in [0.25, 0.3) is 11.8 Å². The van der Waals surface area contributed by atoms with Crippen molar-refractivity contribution in [2.45, 2.75) is 83.4 Å². The highest BCUT2D eigenvalue weighted by molar-refractivity contribution is 6.04. The van der Waals surface area contributed by atoms with Crippen molar-refractivity contribution in [3.05, 3.63) is 136 Å². The number of anilines is 1. The zero-order chi connectivity index (χ0) is 56.5. The molecule has 21 nitrogen and oxygen atoms in total. The summed E-state index contributed by atoms with van der Waals surface area (Å²) in [4.78, 5) is 94.3. The Bertz CT molecular complexity index is 3060. The Hall–Kier alpha value is -8.98. The zero-order valence-electron chi connectivity index (χ0n) is 45.1. The van der Waals surface area contributed by atoms with E-state index in [0.29, 0.717) is 89.1 Å². The Morgan fingerprint density at radius 2 is 1.21 bits per heavy atom. The number of primary amides is 1. The van der Waals surface area contributed by atoms with Gasteiger partial charge in [-0.25, -0.2) is 9.59 Å². The van der Waals surface area contributed by atoms with Crippen LogP contribution in [0.15, 0.2) is 107 Å². The predicted octanol–water partition coefficient (Wildman–Crippen LogP) is 6.22. The summed E-state index contributed by atoms with van der Waals surface area (Å²) in [5.74, 6) is -0.253. The van der Waals surface area contributed by atoms with Gasteiger partial charge >= 0.3 is 12.1 Å². The van der Waals surface area contributed by atoms with Gasteiger partial charge in [-0.2, -0.15) is 0 Å². The standard InChI is InChI=1S/C59H66N10O11/c1-35(2)53(60)55(71)66-46(14-9-19-62-58(61)74)54(70)65-41-17-15-36(16-18-41)34-80-59(75)67(20-22-78-51-28-47-44(26-49(51)76-3)56(72)68-32-39-12-7-5-10-37(39)24-42(68)30-63-47)21-23-79-52-29-48-45(27-50(52)77-4)57(73)69-33-40-13-8-6-11-38(40)25-43(69)31-64-48/h5-8,10-13,15-18,26-31,35,42-43,46,53H,9,14,19-25,32-34,60H2,1-4H3,(H,65,70)(H,66,71)(H3,61,62,74)/t42-,43-,46-,53-/m0/s1. The first-order chi connectivity index (χ1) is 38.7. The summed E-state index contributed by atoms with van der Waals surface area (Å²) in [6, 6.07) is 26.4. The van der Waals surface area contributed by atoms with Gasteiger partial charge in [0, 0.05) is 49.9 Å². The van der Waals surface area contributed by atoms with Crippen LogP contribution in [0.2, 0.25) is 0 Å². The molecule has 21 heteroatoms. The average molecular weight is 1090 g/mol. The van der Waals surface area contributed by atoms with Crippen molar-refractivity contribution in [3.8, 4) is 23.0 Å². The average Bonchev–Trinajstić information content (AvgIpc) is 3.75. The minimum absolute atomic E-state index is 0.0157. The lowest BCUT2D eigenvalue weighted by Gasteiger charge is -2.34. The van der Waals surface area contributed by atoms with E-state index in [1.807, 2.05) is 46.2 Å². The number of nitrogens with zero attached hydrogens (tertiary/aromatic N) is 5. The summed E-state index contributed by atoms with van der Waals surface area (Å²) in [6.45, 7) is 4.51. The second-order valence-corrected chi connectivity index (χ2v) is 20.2. The Labute approximate surface area is 463 Å². The fourth-order valence-corrected chi connectivity index (χ4v) is 9.98. The molecule has 80 heavy (non-hydrogen) atoms. The minimum Gasteiger partial charge on any atom is -0.493 e. The number of nitrogens with one attached hydrogen (secondary N) is 3. The van der Waals surface area contributed by atoms with Gasteiger partial charge in [0.1, 0.15) is 25.9 Å². The first kappa shape index (κ1) is 55.8. The van der Waals surface area contributed by atoms with Crippen LogP contribution in [0.1, 0.15) is 75.2 Å². The molecule has 4 aliphatic heterocycles. The number of benzene rings is 5. The molecule has 5 aromatic carbocycles. The first-order valence-electron chi connectivity index (χ1n) is 26.6. The van der Waals surface area contributed by atoms with Gasteiger partial charge in [0.05, 0.1) is 67.9 Å². The first-order valence-corrected chi connectivity index (χ1v) is 26.6. The summed E-state index contributed by atoms with van der Waals surface area (Å²) in [6.07, 6.45) is 4.72. The van der Waals surface area contributed by atoms with E-state index in [1.165, 1.54) is 30.2 Å². The van der Waals surface area contributed by atoms with Crippen molar-refractivity contribution in [1.82, 2.24) is 25.3 Å². The van der Waals surface area contributed by atoms with E-state index in [9.17, 15) is 28.8 Å². The Morgan fingerprint density at radius 3 is 1.70 bits per heavy atom. The van der Waals surface area contributed by atoms with Crippen molar-refractivity contribution in [1.29, 1.82) is 0 Å². The Kier molecular flexibility index (Phi) is 17.6. The highest BCUT2D eigenvalue weighted by atomic mass is 16.6. The normalized spacial score (nSPS) is 16.4. The lowest BCUT2D eigenvalue weighted by Crippen LogP contribution is -2.51. The van der Waals surface area contributed by atoms with Crippen LogP contribution in [0.4, 0.5) is 26.7 Å². The van der Waals surface area contributed by atoms with Crippen LogP contribution < -0.4 is 46.4 Å². The number of nitrogens with two attached hydrogens (primary N) is 2. The third-order valence-corrected chi connectivity index (χ3v) is 14.6. The van der Waals surface area contributed by atoms with Crippen LogP contribution in [0.5, 0.6) is 23.0 Å². The molecular weight excluding hydrogens is 1020 g/mol. The van der Waals surface area contributed by atoms with Gasteiger partial charge in [-0.15, -0.1) is 0 Å². The van der Waals surface area contributed by atoms with Gasteiger partial charge in [-0.05, 0) is 83.7 Å². The monoisotopic (exact) mass is 1090 g/mol. The summed E-state index contributed by atoms with van der Waals surface area (Å²) in [7, 11) is 2.97. The van der Waals surface area contributed by atoms with E-state index in [2.05, 4.69) is 28.1 Å². The summed E-state index contributed by atoms with van der Waals surface area (Å²) in [5.41, 5.74) is 18.4. The molecule has 9 rings (SSSR count). The molecule has 0 unspecified atom stereocenters.